The molecule has 1 heterocycles. The third-order valence-corrected chi connectivity index (χ3v) is 4.12. The monoisotopic (exact) mass is 238 g/mol. The maximum atomic E-state index is 11.9. The zero-order valence-electron chi connectivity index (χ0n) is 11.5. The normalized spacial score (nSPS) is 26.9. The van der Waals surface area contributed by atoms with Crippen molar-refractivity contribution in [2.45, 2.75) is 59.0 Å². The van der Waals surface area contributed by atoms with Crippen molar-refractivity contribution < 1.29 is 4.79 Å². The molecule has 1 aliphatic heterocycles. The van der Waals surface area contributed by atoms with E-state index in [4.69, 9.17) is 0 Å². The summed E-state index contributed by atoms with van der Waals surface area (Å²) >= 11 is 0. The molecule has 2 fully saturated rings. The highest BCUT2D eigenvalue weighted by Gasteiger charge is 2.46. The summed E-state index contributed by atoms with van der Waals surface area (Å²) < 4.78 is 0. The van der Waals surface area contributed by atoms with Gasteiger partial charge in [-0.25, -0.2) is 0 Å². The first-order valence-electron chi connectivity index (χ1n) is 7.09. The topological polar surface area (TPSA) is 32.3 Å². The van der Waals surface area contributed by atoms with E-state index in [9.17, 15) is 4.79 Å². The van der Waals surface area contributed by atoms with Gasteiger partial charge in [0, 0.05) is 6.54 Å². The molecule has 0 radical (unpaired) electrons. The van der Waals surface area contributed by atoms with Crippen LogP contribution < -0.4 is 5.32 Å². The number of amides is 1. The van der Waals surface area contributed by atoms with Crippen molar-refractivity contribution in [2.75, 3.05) is 13.1 Å². The predicted octanol–water partition coefficient (Wildman–Crippen LogP) is 2.37. The van der Waals surface area contributed by atoms with E-state index in [1.165, 1.54) is 25.7 Å². The van der Waals surface area contributed by atoms with Crippen molar-refractivity contribution in [2.24, 2.45) is 11.3 Å². The Balaban J connectivity index is 1.94. The van der Waals surface area contributed by atoms with Gasteiger partial charge >= 0.3 is 0 Å². The van der Waals surface area contributed by atoms with Crippen LogP contribution in [0.2, 0.25) is 0 Å². The fourth-order valence-electron chi connectivity index (χ4n) is 3.00. The SMILES string of the molecule is CCCC1(CN2C(=O)CNC2CC(C)C)CC1. The Hall–Kier alpha value is -0.570. The van der Waals surface area contributed by atoms with E-state index in [0.29, 0.717) is 23.8 Å². The zero-order valence-corrected chi connectivity index (χ0v) is 11.5. The molecule has 0 spiro atoms. The molecule has 0 bridgehead atoms. The molecule has 1 saturated carbocycles. The molecule has 2 rings (SSSR count). The second-order valence-electron chi connectivity index (χ2n) is 6.30. The average Bonchev–Trinajstić information content (AvgIpc) is 2.93. The molecule has 1 saturated heterocycles. The number of rotatable bonds is 6. The third kappa shape index (κ3) is 3.01. The van der Waals surface area contributed by atoms with Crippen LogP contribution in [0.3, 0.4) is 0 Å². The molecule has 0 aromatic rings. The van der Waals surface area contributed by atoms with Crippen molar-refractivity contribution in [3.63, 3.8) is 0 Å². The van der Waals surface area contributed by atoms with E-state index in [1.807, 2.05) is 0 Å². The minimum absolute atomic E-state index is 0.289. The van der Waals surface area contributed by atoms with E-state index >= 15 is 0 Å². The first-order valence-corrected chi connectivity index (χ1v) is 7.09. The smallest absolute Gasteiger partial charge is 0.237 e. The summed E-state index contributed by atoms with van der Waals surface area (Å²) in [5, 5.41) is 3.36. The molecule has 1 atom stereocenters. The van der Waals surface area contributed by atoms with Gasteiger partial charge in [-0.3, -0.25) is 10.1 Å². The highest BCUT2D eigenvalue weighted by atomic mass is 16.2. The Morgan fingerprint density at radius 1 is 1.47 bits per heavy atom. The maximum absolute atomic E-state index is 11.9. The van der Waals surface area contributed by atoms with Crippen molar-refractivity contribution in [3.05, 3.63) is 0 Å². The van der Waals surface area contributed by atoms with Crippen molar-refractivity contribution in [1.82, 2.24) is 10.2 Å². The fraction of sp³-hybridized carbons (Fsp3) is 0.929. The molecule has 0 aromatic carbocycles. The van der Waals surface area contributed by atoms with Crippen LogP contribution in [-0.2, 0) is 4.79 Å². The Labute approximate surface area is 105 Å². The van der Waals surface area contributed by atoms with Gasteiger partial charge in [-0.05, 0) is 37.0 Å². The second kappa shape index (κ2) is 4.97. The molecule has 2 aliphatic rings. The maximum Gasteiger partial charge on any atom is 0.237 e. The van der Waals surface area contributed by atoms with Gasteiger partial charge < -0.3 is 4.90 Å². The Morgan fingerprint density at radius 2 is 2.18 bits per heavy atom. The molecule has 3 nitrogen and oxygen atoms in total. The summed E-state index contributed by atoms with van der Waals surface area (Å²) in [4.78, 5) is 14.1. The summed E-state index contributed by atoms with van der Waals surface area (Å²) in [5.74, 6) is 0.945. The molecular weight excluding hydrogens is 212 g/mol. The lowest BCUT2D eigenvalue weighted by molar-refractivity contribution is -0.129. The van der Waals surface area contributed by atoms with E-state index in [2.05, 4.69) is 31.0 Å². The molecule has 0 aromatic heterocycles. The average molecular weight is 238 g/mol. The van der Waals surface area contributed by atoms with E-state index in [0.717, 1.165) is 13.0 Å². The van der Waals surface area contributed by atoms with Gasteiger partial charge in [-0.15, -0.1) is 0 Å². The highest BCUT2D eigenvalue weighted by molar-refractivity contribution is 5.80. The first kappa shape index (κ1) is 12.9. The van der Waals surface area contributed by atoms with Crippen LogP contribution in [0.4, 0.5) is 0 Å². The minimum Gasteiger partial charge on any atom is -0.325 e. The van der Waals surface area contributed by atoms with E-state index < -0.39 is 0 Å². The fourth-order valence-corrected chi connectivity index (χ4v) is 3.00. The van der Waals surface area contributed by atoms with Crippen LogP contribution in [0.1, 0.15) is 52.9 Å². The highest BCUT2D eigenvalue weighted by Crippen LogP contribution is 2.50. The molecule has 1 N–H and O–H groups in total. The van der Waals surface area contributed by atoms with Crippen LogP contribution in [0.5, 0.6) is 0 Å². The van der Waals surface area contributed by atoms with Gasteiger partial charge in [0.2, 0.25) is 5.91 Å². The van der Waals surface area contributed by atoms with Crippen molar-refractivity contribution in [1.29, 1.82) is 0 Å². The second-order valence-corrected chi connectivity index (χ2v) is 6.30. The van der Waals surface area contributed by atoms with Gasteiger partial charge in [-0.1, -0.05) is 27.2 Å². The Morgan fingerprint density at radius 3 is 2.71 bits per heavy atom. The van der Waals surface area contributed by atoms with Gasteiger partial charge in [0.1, 0.15) is 0 Å². The first-order chi connectivity index (χ1) is 8.06. The van der Waals surface area contributed by atoms with Crippen molar-refractivity contribution in [3.8, 4) is 0 Å². The minimum atomic E-state index is 0.289. The van der Waals surface area contributed by atoms with E-state index in [-0.39, 0.29) is 6.17 Å². The molecule has 1 amide bonds. The summed E-state index contributed by atoms with van der Waals surface area (Å²) in [5.41, 5.74) is 0.478. The summed E-state index contributed by atoms with van der Waals surface area (Å²) in [6.45, 7) is 8.22. The van der Waals surface area contributed by atoms with Gasteiger partial charge in [0.05, 0.1) is 12.7 Å². The summed E-state index contributed by atoms with van der Waals surface area (Å²) in [6, 6.07) is 0. The molecule has 98 valence electrons. The van der Waals surface area contributed by atoms with E-state index in [1.54, 1.807) is 0 Å². The number of hydrogen-bond donors (Lipinski definition) is 1. The van der Waals surface area contributed by atoms with Crippen molar-refractivity contribution >= 4 is 5.91 Å². The summed E-state index contributed by atoms with van der Waals surface area (Å²) in [6.07, 6.45) is 6.53. The van der Waals surface area contributed by atoms with Crippen LogP contribution in [0.25, 0.3) is 0 Å². The Kier molecular flexibility index (Phi) is 3.76. The number of carbonyl (C=O) groups excluding carboxylic acids is 1. The Bertz CT molecular complexity index is 284. The largest absolute Gasteiger partial charge is 0.325 e. The number of nitrogens with zero attached hydrogens (tertiary/aromatic N) is 1. The predicted molar refractivity (Wildman–Crippen MR) is 69.5 cm³/mol. The number of nitrogens with one attached hydrogen (secondary N) is 1. The van der Waals surface area contributed by atoms with Gasteiger partial charge in [0.25, 0.3) is 0 Å². The van der Waals surface area contributed by atoms with Crippen LogP contribution in [0, 0.1) is 11.3 Å². The third-order valence-electron chi connectivity index (χ3n) is 4.12. The molecular formula is C14H26N2O. The van der Waals surface area contributed by atoms with Gasteiger partial charge in [-0.2, -0.15) is 0 Å². The van der Waals surface area contributed by atoms with Gasteiger partial charge in [0.15, 0.2) is 0 Å². The summed E-state index contributed by atoms with van der Waals surface area (Å²) in [7, 11) is 0. The number of hydrogen-bond acceptors (Lipinski definition) is 2. The lowest BCUT2D eigenvalue weighted by atomic mass is 9.99. The molecule has 1 unspecified atom stereocenters. The molecule has 1 aliphatic carbocycles. The van der Waals surface area contributed by atoms with Crippen LogP contribution in [0.15, 0.2) is 0 Å². The zero-order chi connectivity index (χ0) is 12.5. The van der Waals surface area contributed by atoms with Crippen LogP contribution >= 0.6 is 0 Å². The molecule has 3 heteroatoms. The number of carbonyl (C=O) groups is 1. The quantitative estimate of drug-likeness (QED) is 0.770. The lowest BCUT2D eigenvalue weighted by Crippen LogP contribution is -2.41. The lowest BCUT2D eigenvalue weighted by Gasteiger charge is -2.29. The standard InChI is InChI=1S/C14H26N2O/c1-4-5-14(6-7-14)10-16-12(8-11(2)3)15-9-13(16)17/h11-12,15H,4-10H2,1-3H3. The molecule has 17 heavy (non-hydrogen) atoms. The van der Waals surface area contributed by atoms with Crippen LogP contribution in [-0.4, -0.2) is 30.1 Å².